The van der Waals surface area contributed by atoms with Crippen molar-refractivity contribution in [3.05, 3.63) is 34.1 Å². The lowest BCUT2D eigenvalue weighted by atomic mass is 10.0. The SMILES string of the molecule is O=C(Cc1cccc(F)c1Br)C(O)C1CC1. The first kappa shape index (κ1) is 11.7. The number of Topliss-reactive ketones (excluding diaryl/α,β-unsaturated/α-hetero) is 1. The van der Waals surface area contributed by atoms with Gasteiger partial charge in [0.2, 0.25) is 0 Å². The predicted molar refractivity (Wildman–Crippen MR) is 61.5 cm³/mol. The Balaban J connectivity index is 2.08. The molecule has 0 spiro atoms. The van der Waals surface area contributed by atoms with Gasteiger partial charge in [0.05, 0.1) is 4.47 Å². The number of aliphatic hydroxyl groups excluding tert-OH is 1. The summed E-state index contributed by atoms with van der Waals surface area (Å²) in [5.41, 5.74) is 0.588. The van der Waals surface area contributed by atoms with Crippen molar-refractivity contribution in [1.82, 2.24) is 0 Å². The molecule has 0 heterocycles. The van der Waals surface area contributed by atoms with Gasteiger partial charge in [-0.2, -0.15) is 0 Å². The van der Waals surface area contributed by atoms with Crippen LogP contribution in [-0.4, -0.2) is 17.0 Å². The van der Waals surface area contributed by atoms with Crippen molar-refractivity contribution in [3.63, 3.8) is 0 Å². The Kier molecular flexibility index (Phi) is 3.40. The number of rotatable bonds is 4. The van der Waals surface area contributed by atoms with E-state index in [2.05, 4.69) is 15.9 Å². The quantitative estimate of drug-likeness (QED) is 0.923. The molecule has 1 aromatic rings. The summed E-state index contributed by atoms with van der Waals surface area (Å²) < 4.78 is 13.5. The highest BCUT2D eigenvalue weighted by molar-refractivity contribution is 9.10. The predicted octanol–water partition coefficient (Wildman–Crippen LogP) is 2.47. The maximum atomic E-state index is 13.2. The van der Waals surface area contributed by atoms with Gasteiger partial charge in [0, 0.05) is 6.42 Å². The van der Waals surface area contributed by atoms with Crippen LogP contribution in [0.5, 0.6) is 0 Å². The van der Waals surface area contributed by atoms with Crippen molar-refractivity contribution in [1.29, 1.82) is 0 Å². The average molecular weight is 287 g/mol. The van der Waals surface area contributed by atoms with Gasteiger partial charge in [-0.1, -0.05) is 12.1 Å². The zero-order chi connectivity index (χ0) is 11.7. The molecule has 0 amide bonds. The van der Waals surface area contributed by atoms with Gasteiger partial charge in [-0.3, -0.25) is 4.79 Å². The van der Waals surface area contributed by atoms with E-state index in [0.29, 0.717) is 10.0 Å². The first-order chi connectivity index (χ1) is 7.59. The summed E-state index contributed by atoms with van der Waals surface area (Å²) in [7, 11) is 0. The number of hydrogen-bond donors (Lipinski definition) is 1. The van der Waals surface area contributed by atoms with E-state index in [9.17, 15) is 14.3 Å². The molecular weight excluding hydrogens is 275 g/mol. The van der Waals surface area contributed by atoms with Gasteiger partial charge in [-0.05, 0) is 46.3 Å². The number of ketones is 1. The van der Waals surface area contributed by atoms with Crippen LogP contribution in [0.4, 0.5) is 4.39 Å². The molecule has 1 fully saturated rings. The van der Waals surface area contributed by atoms with Crippen LogP contribution >= 0.6 is 15.9 Å². The minimum atomic E-state index is -0.879. The molecule has 2 rings (SSSR count). The van der Waals surface area contributed by atoms with Gasteiger partial charge in [-0.15, -0.1) is 0 Å². The van der Waals surface area contributed by atoms with Crippen molar-refractivity contribution in [2.75, 3.05) is 0 Å². The molecule has 1 aliphatic rings. The van der Waals surface area contributed by atoms with E-state index < -0.39 is 6.10 Å². The summed E-state index contributed by atoms with van der Waals surface area (Å²) in [6.07, 6.45) is 1.03. The van der Waals surface area contributed by atoms with E-state index in [1.165, 1.54) is 6.07 Å². The fourth-order valence-electron chi connectivity index (χ4n) is 1.65. The van der Waals surface area contributed by atoms with Gasteiger partial charge < -0.3 is 5.11 Å². The second kappa shape index (κ2) is 4.63. The Bertz CT molecular complexity index is 415. The molecule has 0 radical (unpaired) electrons. The summed E-state index contributed by atoms with van der Waals surface area (Å²) in [6, 6.07) is 4.58. The highest BCUT2D eigenvalue weighted by Crippen LogP contribution is 2.33. The molecule has 0 saturated heterocycles. The Hall–Kier alpha value is -0.740. The Morgan fingerprint density at radius 2 is 2.25 bits per heavy atom. The first-order valence-corrected chi connectivity index (χ1v) is 6.02. The van der Waals surface area contributed by atoms with E-state index in [1.807, 2.05) is 0 Å². The molecule has 1 saturated carbocycles. The van der Waals surface area contributed by atoms with Crippen molar-refractivity contribution >= 4 is 21.7 Å². The largest absolute Gasteiger partial charge is 0.385 e. The molecule has 1 atom stereocenters. The van der Waals surface area contributed by atoms with Gasteiger partial charge in [-0.25, -0.2) is 4.39 Å². The maximum absolute atomic E-state index is 13.2. The van der Waals surface area contributed by atoms with Crippen LogP contribution in [0, 0.1) is 11.7 Å². The summed E-state index contributed by atoms with van der Waals surface area (Å²) >= 11 is 3.10. The van der Waals surface area contributed by atoms with Crippen LogP contribution < -0.4 is 0 Å². The fourth-order valence-corrected chi connectivity index (χ4v) is 2.06. The molecule has 0 aliphatic heterocycles. The zero-order valence-electron chi connectivity index (χ0n) is 8.62. The van der Waals surface area contributed by atoms with E-state index in [4.69, 9.17) is 0 Å². The standard InChI is InChI=1S/C12H12BrFO2/c13-11-8(2-1-3-9(11)14)6-10(15)12(16)7-4-5-7/h1-3,7,12,16H,4-6H2. The number of benzene rings is 1. The van der Waals surface area contributed by atoms with E-state index in [-0.39, 0.29) is 23.9 Å². The molecule has 1 aromatic carbocycles. The minimum absolute atomic E-state index is 0.0794. The smallest absolute Gasteiger partial charge is 0.165 e. The van der Waals surface area contributed by atoms with Crippen molar-refractivity contribution in [2.24, 2.45) is 5.92 Å². The van der Waals surface area contributed by atoms with Crippen LogP contribution in [-0.2, 0) is 11.2 Å². The maximum Gasteiger partial charge on any atom is 0.165 e. The van der Waals surface area contributed by atoms with Crippen LogP contribution in [0.3, 0.4) is 0 Å². The molecule has 86 valence electrons. The number of halogens is 2. The van der Waals surface area contributed by atoms with E-state index >= 15 is 0 Å². The van der Waals surface area contributed by atoms with Gasteiger partial charge in [0.15, 0.2) is 5.78 Å². The third kappa shape index (κ3) is 2.50. The topological polar surface area (TPSA) is 37.3 Å². The number of carbonyl (C=O) groups excluding carboxylic acids is 1. The van der Waals surface area contributed by atoms with Crippen LogP contribution in [0.15, 0.2) is 22.7 Å². The normalized spacial score (nSPS) is 17.2. The zero-order valence-corrected chi connectivity index (χ0v) is 10.2. The molecule has 4 heteroatoms. The second-order valence-corrected chi connectivity index (χ2v) is 4.93. The number of hydrogen-bond acceptors (Lipinski definition) is 2. The summed E-state index contributed by atoms with van der Waals surface area (Å²) in [4.78, 5) is 11.7. The minimum Gasteiger partial charge on any atom is -0.385 e. The molecule has 1 N–H and O–H groups in total. The van der Waals surface area contributed by atoms with Crippen molar-refractivity contribution in [3.8, 4) is 0 Å². The number of carbonyl (C=O) groups is 1. The first-order valence-electron chi connectivity index (χ1n) is 5.23. The Morgan fingerprint density at radius 1 is 1.56 bits per heavy atom. The van der Waals surface area contributed by atoms with Crippen molar-refractivity contribution in [2.45, 2.75) is 25.4 Å². The van der Waals surface area contributed by atoms with E-state index in [1.54, 1.807) is 12.1 Å². The lowest BCUT2D eigenvalue weighted by molar-refractivity contribution is -0.127. The Morgan fingerprint density at radius 3 is 2.88 bits per heavy atom. The third-order valence-electron chi connectivity index (χ3n) is 2.79. The van der Waals surface area contributed by atoms with Crippen LogP contribution in [0.1, 0.15) is 18.4 Å². The number of aliphatic hydroxyl groups is 1. The molecule has 0 aromatic heterocycles. The highest BCUT2D eigenvalue weighted by atomic mass is 79.9. The molecule has 0 bridgehead atoms. The Labute approximate surface area is 102 Å². The molecule has 2 nitrogen and oxygen atoms in total. The lowest BCUT2D eigenvalue weighted by Gasteiger charge is -2.09. The molecule has 1 unspecified atom stereocenters. The molecular formula is C12H12BrFO2. The van der Waals surface area contributed by atoms with Gasteiger partial charge in [0.25, 0.3) is 0 Å². The van der Waals surface area contributed by atoms with Gasteiger partial charge in [0.1, 0.15) is 11.9 Å². The van der Waals surface area contributed by atoms with Gasteiger partial charge >= 0.3 is 0 Å². The molecule has 16 heavy (non-hydrogen) atoms. The molecule has 1 aliphatic carbocycles. The fraction of sp³-hybridized carbons (Fsp3) is 0.417. The monoisotopic (exact) mass is 286 g/mol. The van der Waals surface area contributed by atoms with E-state index in [0.717, 1.165) is 12.8 Å². The third-order valence-corrected chi connectivity index (χ3v) is 3.68. The van der Waals surface area contributed by atoms with Crippen LogP contribution in [0.2, 0.25) is 0 Å². The lowest BCUT2D eigenvalue weighted by Crippen LogP contribution is -2.24. The summed E-state index contributed by atoms with van der Waals surface area (Å²) in [5, 5.41) is 9.62. The van der Waals surface area contributed by atoms with Crippen molar-refractivity contribution < 1.29 is 14.3 Å². The average Bonchev–Trinajstić information content (AvgIpc) is 3.07. The highest BCUT2D eigenvalue weighted by Gasteiger charge is 2.34. The summed E-state index contributed by atoms with van der Waals surface area (Å²) in [5.74, 6) is -0.486. The van der Waals surface area contributed by atoms with Crippen LogP contribution in [0.25, 0.3) is 0 Å². The summed E-state index contributed by atoms with van der Waals surface area (Å²) in [6.45, 7) is 0. The second-order valence-electron chi connectivity index (χ2n) is 4.14.